The van der Waals surface area contributed by atoms with Crippen molar-refractivity contribution in [3.8, 4) is 5.75 Å². The van der Waals surface area contributed by atoms with Crippen LogP contribution in [0.15, 0.2) is 24.2 Å². The maximum absolute atomic E-state index is 12.9. The highest BCUT2D eigenvalue weighted by Gasteiger charge is 2.41. The number of ketones is 1. The van der Waals surface area contributed by atoms with Crippen LogP contribution in [0.5, 0.6) is 5.75 Å². The number of ether oxygens (including phenoxy) is 3. The van der Waals surface area contributed by atoms with Gasteiger partial charge >= 0.3 is 0 Å². The normalized spacial score (nSPS) is 24.8. The minimum absolute atomic E-state index is 0.0286. The predicted molar refractivity (Wildman–Crippen MR) is 106 cm³/mol. The van der Waals surface area contributed by atoms with E-state index >= 15 is 0 Å². The van der Waals surface area contributed by atoms with Gasteiger partial charge in [-0.1, -0.05) is 31.4 Å². The molecule has 0 bridgehead atoms. The van der Waals surface area contributed by atoms with Crippen LogP contribution in [0, 0.1) is 19.8 Å². The highest BCUT2D eigenvalue weighted by atomic mass is 35.5. The molecule has 0 spiro atoms. The molecule has 1 fully saturated rings. The van der Waals surface area contributed by atoms with Crippen LogP contribution in [-0.4, -0.2) is 24.6 Å². The Kier molecular flexibility index (Phi) is 6.83. The predicted octanol–water partition coefficient (Wildman–Crippen LogP) is 5.52. The molecule has 148 valence electrons. The average molecular weight is 393 g/mol. The van der Waals surface area contributed by atoms with Gasteiger partial charge in [0.25, 0.3) is 0 Å². The summed E-state index contributed by atoms with van der Waals surface area (Å²) in [7, 11) is 0. The van der Waals surface area contributed by atoms with Crippen molar-refractivity contribution in [1.29, 1.82) is 0 Å². The summed E-state index contributed by atoms with van der Waals surface area (Å²) >= 11 is 6.21. The van der Waals surface area contributed by atoms with E-state index in [2.05, 4.69) is 6.92 Å². The highest BCUT2D eigenvalue weighted by molar-refractivity contribution is 6.32. The molecule has 1 aromatic carbocycles. The van der Waals surface area contributed by atoms with Crippen molar-refractivity contribution in [3.63, 3.8) is 0 Å². The quantitative estimate of drug-likeness (QED) is 0.573. The Labute approximate surface area is 166 Å². The first-order chi connectivity index (χ1) is 13.0. The molecule has 0 N–H and O–H groups in total. The van der Waals surface area contributed by atoms with Gasteiger partial charge in [0.15, 0.2) is 0 Å². The molecule has 1 saturated carbocycles. The molecule has 5 heteroatoms. The van der Waals surface area contributed by atoms with Crippen LogP contribution in [-0.2, 0) is 14.3 Å². The molecular weight excluding hydrogens is 364 g/mol. The number of allylic oxidation sites excluding steroid dienone is 1. The van der Waals surface area contributed by atoms with Gasteiger partial charge in [-0.2, -0.15) is 0 Å². The van der Waals surface area contributed by atoms with E-state index in [4.69, 9.17) is 25.8 Å². The summed E-state index contributed by atoms with van der Waals surface area (Å²) < 4.78 is 17.7. The number of carbonyl (C=O) groups is 1. The van der Waals surface area contributed by atoms with Gasteiger partial charge < -0.3 is 14.2 Å². The van der Waals surface area contributed by atoms with Crippen LogP contribution in [0.25, 0.3) is 0 Å². The molecule has 1 aliphatic heterocycles. The Morgan fingerprint density at radius 2 is 1.93 bits per heavy atom. The average Bonchev–Trinajstić information content (AvgIpc) is 2.65. The molecule has 2 aliphatic rings. The maximum atomic E-state index is 12.9. The van der Waals surface area contributed by atoms with Crippen molar-refractivity contribution in [1.82, 2.24) is 0 Å². The highest BCUT2D eigenvalue weighted by Crippen LogP contribution is 2.36. The molecule has 0 aromatic heterocycles. The lowest BCUT2D eigenvalue weighted by atomic mass is 9.80. The fourth-order valence-corrected chi connectivity index (χ4v) is 3.96. The van der Waals surface area contributed by atoms with Crippen LogP contribution in [0.2, 0.25) is 5.02 Å². The third kappa shape index (κ3) is 4.85. The van der Waals surface area contributed by atoms with E-state index < -0.39 is 0 Å². The zero-order valence-electron chi connectivity index (χ0n) is 16.4. The molecule has 0 radical (unpaired) electrons. The van der Waals surface area contributed by atoms with Gasteiger partial charge in [0.05, 0.1) is 12.0 Å². The smallest absolute Gasteiger partial charge is 0.207 e. The van der Waals surface area contributed by atoms with Crippen LogP contribution >= 0.6 is 11.6 Å². The molecule has 1 aliphatic carbocycles. The number of benzene rings is 1. The summed E-state index contributed by atoms with van der Waals surface area (Å²) in [5, 5.41) is 0.722. The van der Waals surface area contributed by atoms with Crippen molar-refractivity contribution in [2.75, 3.05) is 6.61 Å². The topological polar surface area (TPSA) is 44.8 Å². The summed E-state index contributed by atoms with van der Waals surface area (Å²) in [6, 6.07) is 3.69. The Balaban J connectivity index is 1.60. The molecular formula is C22H29ClO4. The van der Waals surface area contributed by atoms with Gasteiger partial charge in [0.2, 0.25) is 11.5 Å². The van der Waals surface area contributed by atoms with E-state index in [9.17, 15) is 4.79 Å². The molecule has 27 heavy (non-hydrogen) atoms. The van der Waals surface area contributed by atoms with Crippen molar-refractivity contribution >= 4 is 17.4 Å². The van der Waals surface area contributed by atoms with E-state index in [1.54, 1.807) is 0 Å². The second-order valence-corrected chi connectivity index (χ2v) is 7.99. The Morgan fingerprint density at radius 3 is 2.63 bits per heavy atom. The number of hydrogen-bond acceptors (Lipinski definition) is 4. The first kappa shape index (κ1) is 20.2. The fourth-order valence-electron chi connectivity index (χ4n) is 3.85. The number of aryl methyl sites for hydroxylation is 2. The van der Waals surface area contributed by atoms with E-state index in [1.165, 1.54) is 19.1 Å². The zero-order valence-corrected chi connectivity index (χ0v) is 17.2. The van der Waals surface area contributed by atoms with E-state index in [-0.39, 0.29) is 29.7 Å². The van der Waals surface area contributed by atoms with Gasteiger partial charge in [-0.15, -0.1) is 0 Å². The lowest BCUT2D eigenvalue weighted by molar-refractivity contribution is -0.133. The fraction of sp³-hybridized carbons (Fsp3) is 0.591. The lowest BCUT2D eigenvalue weighted by Gasteiger charge is -2.37. The molecule has 4 nitrogen and oxygen atoms in total. The molecule has 3 unspecified atom stereocenters. The number of carbonyl (C=O) groups excluding carboxylic acids is 1. The molecule has 0 saturated heterocycles. The van der Waals surface area contributed by atoms with Crippen molar-refractivity contribution < 1.29 is 19.0 Å². The Hall–Kier alpha value is -1.52. The van der Waals surface area contributed by atoms with Crippen molar-refractivity contribution in [2.45, 2.75) is 71.5 Å². The van der Waals surface area contributed by atoms with Gasteiger partial charge in [0.1, 0.15) is 18.1 Å². The molecule has 3 atom stereocenters. The maximum Gasteiger partial charge on any atom is 0.207 e. The molecule has 0 amide bonds. The number of hydrogen-bond donors (Lipinski definition) is 0. The van der Waals surface area contributed by atoms with Crippen LogP contribution in [0.3, 0.4) is 0 Å². The van der Waals surface area contributed by atoms with Gasteiger partial charge in [-0.25, -0.2) is 0 Å². The minimum Gasteiger partial charge on any atom is -0.493 e. The SMILES string of the molecule is CCCCCOC1CCC2C(=O)C(Oc3cc(C)c(Cl)c(C)c3)=COC2C1. The van der Waals surface area contributed by atoms with Crippen LogP contribution < -0.4 is 4.74 Å². The minimum atomic E-state index is -0.144. The third-order valence-corrected chi connectivity index (χ3v) is 6.01. The lowest BCUT2D eigenvalue weighted by Crippen LogP contribution is -2.42. The van der Waals surface area contributed by atoms with Gasteiger partial charge in [-0.3, -0.25) is 4.79 Å². The van der Waals surface area contributed by atoms with Gasteiger partial charge in [-0.05, 0) is 56.4 Å². The molecule has 3 rings (SSSR count). The van der Waals surface area contributed by atoms with Crippen molar-refractivity contribution in [3.05, 3.63) is 40.3 Å². The van der Waals surface area contributed by atoms with Crippen molar-refractivity contribution in [2.24, 2.45) is 5.92 Å². The first-order valence-electron chi connectivity index (χ1n) is 9.95. The first-order valence-corrected chi connectivity index (χ1v) is 10.3. The Bertz CT molecular complexity index is 689. The number of fused-ring (bicyclic) bond motifs is 1. The number of unbranched alkanes of at least 4 members (excludes halogenated alkanes) is 2. The number of rotatable bonds is 7. The summed E-state index contributed by atoms with van der Waals surface area (Å²) in [5.41, 5.74) is 1.85. The Morgan fingerprint density at radius 1 is 1.19 bits per heavy atom. The standard InChI is InChI=1S/C22H29ClO4/c1-4-5-6-9-25-16-7-8-18-19(12-16)26-13-20(22(18)24)27-17-10-14(2)21(23)15(3)11-17/h10-11,13,16,18-19H,4-9,12H2,1-3H3. The monoisotopic (exact) mass is 392 g/mol. The summed E-state index contributed by atoms with van der Waals surface area (Å²) in [6.07, 6.45) is 7.48. The molecule has 1 aromatic rings. The zero-order chi connectivity index (χ0) is 19.4. The largest absolute Gasteiger partial charge is 0.493 e. The molecule has 1 heterocycles. The second-order valence-electron chi connectivity index (χ2n) is 7.61. The summed E-state index contributed by atoms with van der Waals surface area (Å²) in [6.45, 7) is 6.83. The van der Waals surface area contributed by atoms with Crippen LogP contribution in [0.1, 0.15) is 56.6 Å². The number of halogens is 1. The van der Waals surface area contributed by atoms with E-state index in [0.29, 0.717) is 5.75 Å². The van der Waals surface area contributed by atoms with Crippen LogP contribution in [0.4, 0.5) is 0 Å². The van der Waals surface area contributed by atoms with E-state index in [0.717, 1.165) is 48.4 Å². The summed E-state index contributed by atoms with van der Waals surface area (Å²) in [5.74, 6) is 0.777. The van der Waals surface area contributed by atoms with E-state index in [1.807, 2.05) is 26.0 Å². The summed E-state index contributed by atoms with van der Waals surface area (Å²) in [4.78, 5) is 12.9. The second kappa shape index (κ2) is 9.11. The van der Waals surface area contributed by atoms with Gasteiger partial charge in [0, 0.05) is 18.1 Å². The third-order valence-electron chi connectivity index (χ3n) is 5.41. The number of Topliss-reactive ketones (excluding diaryl/α,β-unsaturated/α-hetero) is 1.